The van der Waals surface area contributed by atoms with Crippen LogP contribution in [0, 0.1) is 0 Å². The summed E-state index contributed by atoms with van der Waals surface area (Å²) < 4.78 is 5.60. The number of rotatable bonds is 5. The van der Waals surface area contributed by atoms with Gasteiger partial charge in [-0.15, -0.1) is 0 Å². The topological polar surface area (TPSA) is 35.2 Å². The van der Waals surface area contributed by atoms with E-state index >= 15 is 0 Å². The first-order valence-electron chi connectivity index (χ1n) is 6.38. The minimum Gasteiger partial charge on any atom is -0.378 e. The third-order valence-corrected chi connectivity index (χ3v) is 3.58. The molecule has 17 heavy (non-hydrogen) atoms. The Balaban J connectivity index is 1.74. The number of hydrogen-bond acceptors (Lipinski definition) is 2. The van der Waals surface area contributed by atoms with E-state index < -0.39 is 0 Å². The van der Waals surface area contributed by atoms with Crippen LogP contribution in [-0.2, 0) is 4.74 Å². The minimum atomic E-state index is 0.0927. The van der Waals surface area contributed by atoms with E-state index in [-0.39, 0.29) is 6.04 Å². The molecule has 3 heteroatoms. The van der Waals surface area contributed by atoms with E-state index in [1.807, 2.05) is 24.3 Å². The Bertz CT molecular complexity index is 350. The van der Waals surface area contributed by atoms with Crippen LogP contribution in [0.5, 0.6) is 0 Å². The smallest absolute Gasteiger partial charge is 0.0576 e. The average molecular weight is 254 g/mol. The van der Waals surface area contributed by atoms with Crippen molar-refractivity contribution in [2.24, 2.45) is 5.73 Å². The Kier molecular flexibility index (Phi) is 4.84. The van der Waals surface area contributed by atoms with Crippen LogP contribution in [0.4, 0.5) is 0 Å². The zero-order valence-corrected chi connectivity index (χ0v) is 10.8. The van der Waals surface area contributed by atoms with Gasteiger partial charge < -0.3 is 10.5 Å². The van der Waals surface area contributed by atoms with E-state index in [2.05, 4.69) is 0 Å². The third-order valence-electron chi connectivity index (χ3n) is 3.34. The van der Waals surface area contributed by atoms with Gasteiger partial charge in [0.05, 0.1) is 6.10 Å². The fraction of sp³-hybridized carbons (Fsp3) is 0.571. The quantitative estimate of drug-likeness (QED) is 0.869. The van der Waals surface area contributed by atoms with Crippen molar-refractivity contribution in [3.8, 4) is 0 Å². The molecule has 1 saturated heterocycles. The maximum atomic E-state index is 6.15. The Labute approximate surface area is 108 Å². The summed E-state index contributed by atoms with van der Waals surface area (Å²) in [4.78, 5) is 0. The van der Waals surface area contributed by atoms with Crippen LogP contribution in [0.1, 0.15) is 43.7 Å². The van der Waals surface area contributed by atoms with Gasteiger partial charge in [0.15, 0.2) is 0 Å². The summed E-state index contributed by atoms with van der Waals surface area (Å²) in [6.07, 6.45) is 6.16. The molecule has 0 aromatic heterocycles. The molecule has 2 atom stereocenters. The molecule has 0 radical (unpaired) electrons. The molecule has 1 heterocycles. The van der Waals surface area contributed by atoms with Gasteiger partial charge in [-0.05, 0) is 49.8 Å². The second-order valence-electron chi connectivity index (χ2n) is 4.73. The number of ether oxygens (including phenoxy) is 1. The van der Waals surface area contributed by atoms with Crippen LogP contribution in [0.2, 0.25) is 5.02 Å². The van der Waals surface area contributed by atoms with Gasteiger partial charge in [-0.1, -0.05) is 23.7 Å². The number of benzene rings is 1. The summed E-state index contributed by atoms with van der Waals surface area (Å²) in [5.41, 5.74) is 7.28. The van der Waals surface area contributed by atoms with Gasteiger partial charge in [0.1, 0.15) is 0 Å². The van der Waals surface area contributed by atoms with Crippen LogP contribution in [-0.4, -0.2) is 12.7 Å². The Hall–Kier alpha value is -0.570. The second kappa shape index (κ2) is 6.39. The van der Waals surface area contributed by atoms with E-state index in [1.165, 1.54) is 12.8 Å². The Morgan fingerprint density at radius 2 is 2.35 bits per heavy atom. The maximum Gasteiger partial charge on any atom is 0.0576 e. The number of halogens is 1. The van der Waals surface area contributed by atoms with Gasteiger partial charge in [-0.25, -0.2) is 0 Å². The zero-order chi connectivity index (χ0) is 12.1. The highest BCUT2D eigenvalue weighted by Crippen LogP contribution is 2.23. The van der Waals surface area contributed by atoms with Gasteiger partial charge in [0.25, 0.3) is 0 Å². The highest BCUT2D eigenvalue weighted by atomic mass is 35.5. The first kappa shape index (κ1) is 12.9. The molecule has 2 rings (SSSR count). The third kappa shape index (κ3) is 3.98. The summed E-state index contributed by atoms with van der Waals surface area (Å²) in [5, 5.41) is 0.761. The minimum absolute atomic E-state index is 0.0927. The van der Waals surface area contributed by atoms with Crippen LogP contribution in [0.3, 0.4) is 0 Å². The molecule has 1 aromatic carbocycles. The molecular formula is C14H20ClNO. The van der Waals surface area contributed by atoms with Crippen molar-refractivity contribution in [3.63, 3.8) is 0 Å². The van der Waals surface area contributed by atoms with Crippen molar-refractivity contribution in [2.75, 3.05) is 6.61 Å². The van der Waals surface area contributed by atoms with Crippen molar-refractivity contribution >= 4 is 11.6 Å². The molecule has 1 aliphatic rings. The van der Waals surface area contributed by atoms with Crippen molar-refractivity contribution in [3.05, 3.63) is 34.9 Å². The average Bonchev–Trinajstić information content (AvgIpc) is 2.82. The second-order valence-corrected chi connectivity index (χ2v) is 5.16. The molecule has 2 N–H and O–H groups in total. The first-order chi connectivity index (χ1) is 8.25. The van der Waals surface area contributed by atoms with Crippen molar-refractivity contribution < 1.29 is 4.74 Å². The fourth-order valence-electron chi connectivity index (χ4n) is 2.34. The fourth-order valence-corrected chi connectivity index (χ4v) is 2.54. The Morgan fingerprint density at radius 1 is 1.47 bits per heavy atom. The summed E-state index contributed by atoms with van der Waals surface area (Å²) in [6, 6.07) is 7.93. The zero-order valence-electron chi connectivity index (χ0n) is 10.1. The molecule has 2 unspecified atom stereocenters. The molecule has 0 aliphatic carbocycles. The predicted octanol–water partition coefficient (Wildman–Crippen LogP) is 3.69. The summed E-state index contributed by atoms with van der Waals surface area (Å²) in [5.74, 6) is 0. The predicted molar refractivity (Wildman–Crippen MR) is 71.2 cm³/mol. The standard InChI is InChI=1S/C14H20ClNO/c15-12-5-1-4-11(10-12)14(16)8-2-6-13-7-3-9-17-13/h1,4-5,10,13-14H,2-3,6-9,16H2. The van der Waals surface area contributed by atoms with Crippen molar-refractivity contribution in [1.82, 2.24) is 0 Å². The molecule has 0 saturated carbocycles. The van der Waals surface area contributed by atoms with Crippen LogP contribution in [0.15, 0.2) is 24.3 Å². The largest absolute Gasteiger partial charge is 0.378 e. The lowest BCUT2D eigenvalue weighted by Crippen LogP contribution is -2.12. The van der Waals surface area contributed by atoms with Gasteiger partial charge in [-0.3, -0.25) is 0 Å². The molecule has 2 nitrogen and oxygen atoms in total. The summed E-state index contributed by atoms with van der Waals surface area (Å²) >= 11 is 5.95. The lowest BCUT2D eigenvalue weighted by Gasteiger charge is -2.14. The molecule has 0 bridgehead atoms. The highest BCUT2D eigenvalue weighted by Gasteiger charge is 2.15. The Morgan fingerprint density at radius 3 is 3.06 bits per heavy atom. The van der Waals surface area contributed by atoms with Gasteiger partial charge in [0, 0.05) is 17.7 Å². The lowest BCUT2D eigenvalue weighted by molar-refractivity contribution is 0.101. The van der Waals surface area contributed by atoms with Crippen molar-refractivity contribution in [1.29, 1.82) is 0 Å². The maximum absolute atomic E-state index is 6.15. The molecule has 0 spiro atoms. The molecule has 1 aromatic rings. The summed E-state index contributed by atoms with van der Waals surface area (Å²) in [6.45, 7) is 0.936. The normalized spacial score (nSPS) is 21.6. The van der Waals surface area contributed by atoms with E-state index in [0.717, 1.165) is 36.5 Å². The molecule has 94 valence electrons. The molecular weight excluding hydrogens is 234 g/mol. The first-order valence-corrected chi connectivity index (χ1v) is 6.76. The number of hydrogen-bond donors (Lipinski definition) is 1. The lowest BCUT2D eigenvalue weighted by atomic mass is 10.00. The van der Waals surface area contributed by atoms with E-state index in [9.17, 15) is 0 Å². The van der Waals surface area contributed by atoms with E-state index in [1.54, 1.807) is 0 Å². The molecule has 1 aliphatic heterocycles. The van der Waals surface area contributed by atoms with Gasteiger partial charge in [-0.2, -0.15) is 0 Å². The van der Waals surface area contributed by atoms with Gasteiger partial charge in [0.2, 0.25) is 0 Å². The van der Waals surface area contributed by atoms with Crippen molar-refractivity contribution in [2.45, 2.75) is 44.2 Å². The van der Waals surface area contributed by atoms with E-state index in [4.69, 9.17) is 22.1 Å². The van der Waals surface area contributed by atoms with Crippen LogP contribution < -0.4 is 5.73 Å². The SMILES string of the molecule is NC(CCCC1CCCO1)c1cccc(Cl)c1. The van der Waals surface area contributed by atoms with Crippen LogP contribution in [0.25, 0.3) is 0 Å². The molecule has 0 amide bonds. The van der Waals surface area contributed by atoms with E-state index in [0.29, 0.717) is 6.10 Å². The molecule has 1 fully saturated rings. The monoisotopic (exact) mass is 253 g/mol. The summed E-state index contributed by atoms with van der Waals surface area (Å²) in [7, 11) is 0. The number of nitrogens with two attached hydrogens (primary N) is 1. The van der Waals surface area contributed by atoms with Gasteiger partial charge >= 0.3 is 0 Å². The highest BCUT2D eigenvalue weighted by molar-refractivity contribution is 6.30. The van der Waals surface area contributed by atoms with Crippen LogP contribution >= 0.6 is 11.6 Å².